The quantitative estimate of drug-likeness (QED) is 0.748. The van der Waals surface area contributed by atoms with Crippen molar-refractivity contribution in [2.45, 2.75) is 20.1 Å². The molecule has 0 spiro atoms. The van der Waals surface area contributed by atoms with Gasteiger partial charge in [-0.1, -0.05) is 36.4 Å². The molecule has 0 fully saturated rings. The molecular formula is C19H18N2O2S. The van der Waals surface area contributed by atoms with Crippen LogP contribution in [0.5, 0.6) is 0 Å². The van der Waals surface area contributed by atoms with Gasteiger partial charge in [0, 0.05) is 28.7 Å². The summed E-state index contributed by atoms with van der Waals surface area (Å²) >= 11 is 1.57. The molecule has 24 heavy (non-hydrogen) atoms. The van der Waals surface area contributed by atoms with E-state index in [2.05, 4.69) is 10.3 Å². The molecule has 2 aromatic carbocycles. The van der Waals surface area contributed by atoms with Crippen molar-refractivity contribution in [3.05, 3.63) is 76.3 Å². The molecule has 3 aromatic rings. The van der Waals surface area contributed by atoms with Crippen molar-refractivity contribution in [3.8, 4) is 10.6 Å². The van der Waals surface area contributed by atoms with E-state index in [9.17, 15) is 9.90 Å². The number of benzene rings is 2. The molecule has 0 unspecified atom stereocenters. The van der Waals surface area contributed by atoms with Crippen LogP contribution in [0.2, 0.25) is 0 Å². The topological polar surface area (TPSA) is 62.2 Å². The van der Waals surface area contributed by atoms with E-state index in [0.717, 1.165) is 27.4 Å². The Morgan fingerprint density at radius 1 is 1.17 bits per heavy atom. The zero-order chi connectivity index (χ0) is 16.9. The molecule has 4 nitrogen and oxygen atoms in total. The fourth-order valence-corrected chi connectivity index (χ4v) is 3.24. The van der Waals surface area contributed by atoms with Gasteiger partial charge in [-0.2, -0.15) is 0 Å². The minimum Gasteiger partial charge on any atom is -0.392 e. The van der Waals surface area contributed by atoms with Crippen LogP contribution in [0.1, 0.15) is 27.2 Å². The number of aromatic nitrogens is 1. The highest BCUT2D eigenvalue weighted by Gasteiger charge is 2.09. The van der Waals surface area contributed by atoms with Gasteiger partial charge in [-0.15, -0.1) is 11.3 Å². The second kappa shape index (κ2) is 7.38. The summed E-state index contributed by atoms with van der Waals surface area (Å²) in [5.74, 6) is -0.141. The molecule has 0 saturated heterocycles. The third kappa shape index (κ3) is 3.69. The van der Waals surface area contributed by atoms with Crippen molar-refractivity contribution in [1.29, 1.82) is 0 Å². The average molecular weight is 338 g/mol. The van der Waals surface area contributed by atoms with Crippen LogP contribution >= 0.6 is 11.3 Å². The fraction of sp³-hybridized carbons (Fsp3) is 0.158. The molecule has 0 aliphatic rings. The van der Waals surface area contributed by atoms with Gasteiger partial charge in [0.15, 0.2) is 0 Å². The number of aryl methyl sites for hydroxylation is 1. The lowest BCUT2D eigenvalue weighted by molar-refractivity contribution is 0.0950. The van der Waals surface area contributed by atoms with E-state index >= 15 is 0 Å². The van der Waals surface area contributed by atoms with Gasteiger partial charge in [0.05, 0.1) is 6.61 Å². The molecule has 1 heterocycles. The molecule has 5 heteroatoms. The normalized spacial score (nSPS) is 10.6. The van der Waals surface area contributed by atoms with Crippen LogP contribution in [0.15, 0.2) is 53.9 Å². The van der Waals surface area contributed by atoms with Gasteiger partial charge in [0.2, 0.25) is 0 Å². The van der Waals surface area contributed by atoms with Crippen molar-refractivity contribution >= 4 is 17.2 Å². The van der Waals surface area contributed by atoms with E-state index in [1.165, 1.54) is 0 Å². The molecule has 0 saturated carbocycles. The molecule has 2 N–H and O–H groups in total. The standard InChI is InChI=1S/C19H18N2O2S/c1-13-12-24-19(21-13)15-8-4-7-14(9-15)18(23)20-10-16-5-2-3-6-17(16)11-22/h2-9,12,22H,10-11H2,1H3,(H,20,23). The Labute approximate surface area is 144 Å². The van der Waals surface area contributed by atoms with Gasteiger partial charge in [-0.25, -0.2) is 4.98 Å². The zero-order valence-electron chi connectivity index (χ0n) is 13.3. The highest BCUT2D eigenvalue weighted by atomic mass is 32.1. The molecule has 1 aromatic heterocycles. The van der Waals surface area contributed by atoms with E-state index in [0.29, 0.717) is 12.1 Å². The number of nitrogens with zero attached hydrogens (tertiary/aromatic N) is 1. The van der Waals surface area contributed by atoms with Crippen LogP contribution in [0.25, 0.3) is 10.6 Å². The van der Waals surface area contributed by atoms with Gasteiger partial charge in [-0.3, -0.25) is 4.79 Å². The molecule has 0 bridgehead atoms. The smallest absolute Gasteiger partial charge is 0.251 e. The predicted octanol–water partition coefficient (Wildman–Crippen LogP) is 3.54. The number of rotatable bonds is 5. The summed E-state index contributed by atoms with van der Waals surface area (Å²) in [6, 6.07) is 15.0. The summed E-state index contributed by atoms with van der Waals surface area (Å²) in [6.07, 6.45) is 0. The van der Waals surface area contributed by atoms with Crippen molar-refractivity contribution in [1.82, 2.24) is 10.3 Å². The van der Waals surface area contributed by atoms with Gasteiger partial charge >= 0.3 is 0 Å². The third-order valence-corrected chi connectivity index (χ3v) is 4.73. The van der Waals surface area contributed by atoms with E-state index in [1.807, 2.05) is 54.8 Å². The fourth-order valence-electron chi connectivity index (χ4n) is 2.44. The molecule has 0 radical (unpaired) electrons. The molecule has 3 rings (SSSR count). The van der Waals surface area contributed by atoms with Gasteiger partial charge in [-0.05, 0) is 30.2 Å². The molecule has 0 aliphatic heterocycles. The number of aliphatic hydroxyl groups excluding tert-OH is 1. The van der Waals surface area contributed by atoms with Gasteiger partial charge in [0.25, 0.3) is 5.91 Å². The maximum Gasteiger partial charge on any atom is 0.251 e. The van der Waals surface area contributed by atoms with Crippen molar-refractivity contribution < 1.29 is 9.90 Å². The Hall–Kier alpha value is -2.50. The number of thiazole rings is 1. The van der Waals surface area contributed by atoms with E-state index in [-0.39, 0.29) is 12.5 Å². The number of carbonyl (C=O) groups is 1. The molecule has 122 valence electrons. The van der Waals surface area contributed by atoms with Crippen LogP contribution in [0.4, 0.5) is 0 Å². The Morgan fingerprint density at radius 3 is 2.67 bits per heavy atom. The SMILES string of the molecule is Cc1csc(-c2cccc(C(=O)NCc3ccccc3CO)c2)n1. The number of carbonyl (C=O) groups excluding carboxylic acids is 1. The molecule has 0 atom stereocenters. The lowest BCUT2D eigenvalue weighted by Crippen LogP contribution is -2.23. The monoisotopic (exact) mass is 338 g/mol. The van der Waals surface area contributed by atoms with Crippen LogP contribution in [0, 0.1) is 6.92 Å². The first-order chi connectivity index (χ1) is 11.7. The van der Waals surface area contributed by atoms with Gasteiger partial charge in [0.1, 0.15) is 5.01 Å². The van der Waals surface area contributed by atoms with Crippen molar-refractivity contribution in [2.75, 3.05) is 0 Å². The Kier molecular flexibility index (Phi) is 5.03. The predicted molar refractivity (Wildman–Crippen MR) is 95.8 cm³/mol. The third-order valence-electron chi connectivity index (χ3n) is 3.72. The Morgan fingerprint density at radius 2 is 1.96 bits per heavy atom. The lowest BCUT2D eigenvalue weighted by Gasteiger charge is -2.09. The summed E-state index contributed by atoms with van der Waals surface area (Å²) in [5.41, 5.74) is 4.26. The summed E-state index contributed by atoms with van der Waals surface area (Å²) < 4.78 is 0. The lowest BCUT2D eigenvalue weighted by atomic mass is 10.1. The highest BCUT2D eigenvalue weighted by molar-refractivity contribution is 7.13. The van der Waals surface area contributed by atoms with E-state index in [1.54, 1.807) is 17.4 Å². The maximum absolute atomic E-state index is 12.4. The van der Waals surface area contributed by atoms with Crippen LogP contribution in [0.3, 0.4) is 0 Å². The summed E-state index contributed by atoms with van der Waals surface area (Å²) in [4.78, 5) is 16.9. The van der Waals surface area contributed by atoms with Crippen LogP contribution < -0.4 is 5.32 Å². The number of hydrogen-bond acceptors (Lipinski definition) is 4. The van der Waals surface area contributed by atoms with Gasteiger partial charge < -0.3 is 10.4 Å². The second-order valence-corrected chi connectivity index (χ2v) is 6.34. The minimum atomic E-state index is -0.141. The Balaban J connectivity index is 1.73. The number of nitrogens with one attached hydrogen (secondary N) is 1. The van der Waals surface area contributed by atoms with E-state index in [4.69, 9.17) is 0 Å². The highest BCUT2D eigenvalue weighted by Crippen LogP contribution is 2.24. The molecule has 0 aliphatic carbocycles. The minimum absolute atomic E-state index is 0.0368. The van der Waals surface area contributed by atoms with Crippen LogP contribution in [-0.4, -0.2) is 16.0 Å². The first kappa shape index (κ1) is 16.4. The average Bonchev–Trinajstić information content (AvgIpc) is 3.06. The molecule has 1 amide bonds. The van der Waals surface area contributed by atoms with Crippen LogP contribution in [-0.2, 0) is 13.2 Å². The number of amides is 1. The molecular weight excluding hydrogens is 320 g/mol. The maximum atomic E-state index is 12.4. The first-order valence-electron chi connectivity index (χ1n) is 7.66. The van der Waals surface area contributed by atoms with Crippen molar-refractivity contribution in [2.24, 2.45) is 0 Å². The number of aliphatic hydroxyl groups is 1. The summed E-state index contributed by atoms with van der Waals surface area (Å²) in [6.45, 7) is 2.30. The number of hydrogen-bond donors (Lipinski definition) is 2. The summed E-state index contributed by atoms with van der Waals surface area (Å²) in [5, 5.41) is 15.2. The second-order valence-electron chi connectivity index (χ2n) is 5.48. The van der Waals surface area contributed by atoms with Crippen molar-refractivity contribution in [3.63, 3.8) is 0 Å². The first-order valence-corrected chi connectivity index (χ1v) is 8.54. The zero-order valence-corrected chi connectivity index (χ0v) is 14.1. The Bertz CT molecular complexity index is 858. The summed E-state index contributed by atoms with van der Waals surface area (Å²) in [7, 11) is 0. The van der Waals surface area contributed by atoms with E-state index < -0.39 is 0 Å². The largest absolute Gasteiger partial charge is 0.392 e.